The first-order valence-electron chi connectivity index (χ1n) is 9.27. The van der Waals surface area contributed by atoms with E-state index in [1.54, 1.807) is 4.90 Å². The van der Waals surface area contributed by atoms with Crippen LogP contribution in [0.3, 0.4) is 0 Å². The summed E-state index contributed by atoms with van der Waals surface area (Å²) in [5.41, 5.74) is 0.819. The van der Waals surface area contributed by atoms with Crippen molar-refractivity contribution in [3.05, 3.63) is 24.3 Å². The van der Waals surface area contributed by atoms with Crippen molar-refractivity contribution in [2.24, 2.45) is 5.92 Å². The number of ether oxygens (including phenoxy) is 1. The van der Waals surface area contributed by atoms with Crippen LogP contribution in [0, 0.1) is 5.92 Å². The Labute approximate surface area is 155 Å². The Morgan fingerprint density at radius 2 is 1.85 bits per heavy atom. The zero-order valence-electron chi connectivity index (χ0n) is 15.2. The van der Waals surface area contributed by atoms with E-state index in [0.717, 1.165) is 30.7 Å². The van der Waals surface area contributed by atoms with E-state index in [-0.39, 0.29) is 18.4 Å². The van der Waals surface area contributed by atoms with Crippen LogP contribution < -0.4 is 14.4 Å². The summed E-state index contributed by atoms with van der Waals surface area (Å²) in [7, 11) is -3.45. The molecule has 1 unspecified atom stereocenters. The minimum Gasteiger partial charge on any atom is -0.494 e. The van der Waals surface area contributed by atoms with Gasteiger partial charge in [0.05, 0.1) is 6.61 Å². The van der Waals surface area contributed by atoms with Gasteiger partial charge in [0.1, 0.15) is 5.75 Å². The van der Waals surface area contributed by atoms with Crippen molar-refractivity contribution < 1.29 is 17.9 Å². The molecule has 0 aliphatic carbocycles. The summed E-state index contributed by atoms with van der Waals surface area (Å²) in [4.78, 5) is 14.0. The standard InChI is InChI=1S/C18H27N3O4S/c1-2-25-17-8-6-16(7-9-17)21-14-15(12-18(21)22)13-19-26(23,24)20-10-4-3-5-11-20/h6-9,15,19H,2-5,10-14H2,1H3. The van der Waals surface area contributed by atoms with Crippen molar-refractivity contribution in [2.45, 2.75) is 32.6 Å². The van der Waals surface area contributed by atoms with Gasteiger partial charge >= 0.3 is 0 Å². The zero-order valence-corrected chi connectivity index (χ0v) is 16.0. The minimum atomic E-state index is -3.45. The molecule has 2 saturated heterocycles. The van der Waals surface area contributed by atoms with Gasteiger partial charge in [0, 0.05) is 38.3 Å². The topological polar surface area (TPSA) is 79.0 Å². The number of amides is 1. The average molecular weight is 381 g/mol. The van der Waals surface area contributed by atoms with Crippen LogP contribution >= 0.6 is 0 Å². The third-order valence-electron chi connectivity index (χ3n) is 4.87. The molecule has 7 nitrogen and oxygen atoms in total. The molecule has 2 aliphatic rings. The molecule has 1 amide bonds. The molecule has 1 N–H and O–H groups in total. The maximum Gasteiger partial charge on any atom is 0.279 e. The Bertz CT molecular complexity index is 714. The third kappa shape index (κ3) is 4.55. The lowest BCUT2D eigenvalue weighted by Crippen LogP contribution is -2.45. The number of piperidine rings is 1. The second kappa shape index (κ2) is 8.37. The molecular formula is C18H27N3O4S. The van der Waals surface area contributed by atoms with Crippen molar-refractivity contribution in [1.82, 2.24) is 9.03 Å². The molecule has 144 valence electrons. The number of anilines is 1. The fraction of sp³-hybridized carbons (Fsp3) is 0.611. The number of carbonyl (C=O) groups is 1. The van der Waals surface area contributed by atoms with Crippen LogP contribution in [0.5, 0.6) is 5.75 Å². The van der Waals surface area contributed by atoms with Crippen LogP contribution in [0.1, 0.15) is 32.6 Å². The fourth-order valence-corrected chi connectivity index (χ4v) is 4.84. The highest BCUT2D eigenvalue weighted by Crippen LogP contribution is 2.27. The normalized spacial score (nSPS) is 22.0. The van der Waals surface area contributed by atoms with E-state index in [4.69, 9.17) is 4.74 Å². The number of hydrogen-bond donors (Lipinski definition) is 1. The Balaban J connectivity index is 1.55. The SMILES string of the molecule is CCOc1ccc(N2CC(CNS(=O)(=O)N3CCCCC3)CC2=O)cc1. The molecule has 1 atom stereocenters. The first-order valence-corrected chi connectivity index (χ1v) is 10.7. The minimum absolute atomic E-state index is 0.0198. The lowest BCUT2D eigenvalue weighted by molar-refractivity contribution is -0.117. The van der Waals surface area contributed by atoms with Crippen LogP contribution in [-0.2, 0) is 15.0 Å². The summed E-state index contributed by atoms with van der Waals surface area (Å²) >= 11 is 0. The quantitative estimate of drug-likeness (QED) is 0.781. The second-order valence-electron chi connectivity index (χ2n) is 6.81. The van der Waals surface area contributed by atoms with Crippen molar-refractivity contribution in [3.63, 3.8) is 0 Å². The molecule has 0 saturated carbocycles. The first-order chi connectivity index (χ1) is 12.5. The molecular weight excluding hydrogens is 354 g/mol. The predicted molar refractivity (Wildman–Crippen MR) is 100 cm³/mol. The Morgan fingerprint density at radius 3 is 2.50 bits per heavy atom. The monoisotopic (exact) mass is 381 g/mol. The first kappa shape index (κ1) is 19.1. The summed E-state index contributed by atoms with van der Waals surface area (Å²) in [6.45, 7) is 4.50. The number of rotatable bonds is 7. The molecule has 1 aromatic rings. The largest absolute Gasteiger partial charge is 0.494 e. The van der Waals surface area contributed by atoms with E-state index in [2.05, 4.69) is 4.72 Å². The number of benzene rings is 1. The molecule has 2 aliphatic heterocycles. The number of nitrogens with one attached hydrogen (secondary N) is 1. The van der Waals surface area contributed by atoms with Crippen LogP contribution in [-0.4, -0.2) is 51.4 Å². The molecule has 3 rings (SSSR count). The van der Waals surface area contributed by atoms with Gasteiger partial charge in [0.2, 0.25) is 5.91 Å². The van der Waals surface area contributed by atoms with Crippen LogP contribution in [0.15, 0.2) is 24.3 Å². The highest BCUT2D eigenvalue weighted by atomic mass is 32.2. The van der Waals surface area contributed by atoms with Crippen molar-refractivity contribution in [2.75, 3.05) is 37.7 Å². The van der Waals surface area contributed by atoms with Crippen LogP contribution in [0.4, 0.5) is 5.69 Å². The summed E-state index contributed by atoms with van der Waals surface area (Å²) in [6, 6.07) is 7.42. The smallest absolute Gasteiger partial charge is 0.279 e. The van der Waals surface area contributed by atoms with Crippen molar-refractivity contribution >= 4 is 21.8 Å². The van der Waals surface area contributed by atoms with Gasteiger partial charge in [-0.1, -0.05) is 6.42 Å². The van der Waals surface area contributed by atoms with Gasteiger partial charge in [-0.3, -0.25) is 4.79 Å². The van der Waals surface area contributed by atoms with E-state index in [0.29, 0.717) is 32.7 Å². The lowest BCUT2D eigenvalue weighted by atomic mass is 10.1. The highest BCUT2D eigenvalue weighted by molar-refractivity contribution is 7.87. The van der Waals surface area contributed by atoms with E-state index < -0.39 is 10.2 Å². The van der Waals surface area contributed by atoms with E-state index >= 15 is 0 Å². The van der Waals surface area contributed by atoms with Crippen LogP contribution in [0.2, 0.25) is 0 Å². The summed E-state index contributed by atoms with van der Waals surface area (Å²) < 4.78 is 34.4. The molecule has 1 aromatic carbocycles. The van der Waals surface area contributed by atoms with Crippen molar-refractivity contribution in [1.29, 1.82) is 0 Å². The Hall–Kier alpha value is -1.64. The Morgan fingerprint density at radius 1 is 1.15 bits per heavy atom. The highest BCUT2D eigenvalue weighted by Gasteiger charge is 2.32. The second-order valence-corrected chi connectivity index (χ2v) is 8.57. The van der Waals surface area contributed by atoms with E-state index in [1.165, 1.54) is 4.31 Å². The van der Waals surface area contributed by atoms with Gasteiger partial charge in [-0.25, -0.2) is 4.72 Å². The van der Waals surface area contributed by atoms with Crippen LogP contribution in [0.25, 0.3) is 0 Å². The summed E-state index contributed by atoms with van der Waals surface area (Å²) in [6.07, 6.45) is 3.26. The maximum atomic E-state index is 12.4. The number of nitrogens with zero attached hydrogens (tertiary/aromatic N) is 2. The number of hydrogen-bond acceptors (Lipinski definition) is 4. The molecule has 0 radical (unpaired) electrons. The summed E-state index contributed by atoms with van der Waals surface area (Å²) in [5, 5.41) is 0. The molecule has 0 aromatic heterocycles. The molecule has 8 heteroatoms. The molecule has 0 bridgehead atoms. The van der Waals surface area contributed by atoms with Gasteiger partial charge in [0.15, 0.2) is 0 Å². The molecule has 26 heavy (non-hydrogen) atoms. The zero-order chi connectivity index (χ0) is 18.6. The van der Waals surface area contributed by atoms with Gasteiger partial charge in [-0.05, 0) is 49.9 Å². The van der Waals surface area contributed by atoms with Gasteiger partial charge in [-0.2, -0.15) is 12.7 Å². The fourth-order valence-electron chi connectivity index (χ4n) is 3.48. The maximum absolute atomic E-state index is 12.4. The van der Waals surface area contributed by atoms with Gasteiger partial charge in [-0.15, -0.1) is 0 Å². The summed E-state index contributed by atoms with van der Waals surface area (Å²) in [5.74, 6) is 0.777. The molecule has 0 spiro atoms. The molecule has 2 heterocycles. The predicted octanol–water partition coefficient (Wildman–Crippen LogP) is 1.76. The van der Waals surface area contributed by atoms with E-state index in [9.17, 15) is 13.2 Å². The van der Waals surface area contributed by atoms with Gasteiger partial charge in [0.25, 0.3) is 10.2 Å². The molecule has 2 fully saturated rings. The van der Waals surface area contributed by atoms with E-state index in [1.807, 2.05) is 31.2 Å². The lowest BCUT2D eigenvalue weighted by Gasteiger charge is -2.26. The number of carbonyl (C=O) groups excluding carboxylic acids is 1. The average Bonchev–Trinajstić information content (AvgIpc) is 3.03. The third-order valence-corrected chi connectivity index (χ3v) is 6.45. The Kier molecular flexibility index (Phi) is 6.16. The van der Waals surface area contributed by atoms with Gasteiger partial charge < -0.3 is 9.64 Å². The van der Waals surface area contributed by atoms with Crippen molar-refractivity contribution in [3.8, 4) is 5.75 Å².